The molecule has 8 nitrogen and oxygen atoms in total. The van der Waals surface area contributed by atoms with Crippen LogP contribution in [-0.2, 0) is 6.54 Å². The fraction of sp³-hybridized carbons (Fsp3) is 0.400. The van der Waals surface area contributed by atoms with Crippen molar-refractivity contribution in [1.82, 2.24) is 25.0 Å². The molecule has 0 saturated carbocycles. The van der Waals surface area contributed by atoms with E-state index >= 15 is 0 Å². The normalized spacial score (nSPS) is 13.7. The summed E-state index contributed by atoms with van der Waals surface area (Å²) in [5.74, 6) is 1.08. The maximum Gasteiger partial charge on any atom is 0.258 e. The maximum atomic E-state index is 13.9. The number of alkyl halides is 3. The molecule has 31 heavy (non-hydrogen) atoms. The van der Waals surface area contributed by atoms with Crippen LogP contribution in [0, 0.1) is 0 Å². The molecule has 164 valence electrons. The van der Waals surface area contributed by atoms with E-state index in [-0.39, 0.29) is 12.5 Å². The molecule has 2 N–H and O–H groups in total. The highest BCUT2D eigenvalue weighted by molar-refractivity contribution is 5.92. The van der Waals surface area contributed by atoms with Gasteiger partial charge in [0.15, 0.2) is 0 Å². The van der Waals surface area contributed by atoms with Crippen molar-refractivity contribution in [2.24, 2.45) is 0 Å². The van der Waals surface area contributed by atoms with Gasteiger partial charge in [-0.2, -0.15) is 9.97 Å². The van der Waals surface area contributed by atoms with Crippen LogP contribution in [-0.4, -0.2) is 57.3 Å². The molecule has 0 aliphatic carbocycles. The van der Waals surface area contributed by atoms with Gasteiger partial charge in [0.05, 0.1) is 24.7 Å². The predicted octanol–water partition coefficient (Wildman–Crippen LogP) is 3.51. The summed E-state index contributed by atoms with van der Waals surface area (Å²) in [6.45, 7) is 2.90. The van der Waals surface area contributed by atoms with Gasteiger partial charge in [0, 0.05) is 6.54 Å². The number of nitrogens with one attached hydrogen (secondary N) is 2. The Morgan fingerprint density at radius 3 is 2.81 bits per heavy atom. The Bertz CT molecular complexity index is 1140. The molecule has 2 aromatic heterocycles. The molecule has 1 aromatic carbocycles. The molecular formula is C20H22F3N7O. The van der Waals surface area contributed by atoms with Gasteiger partial charge in [0.1, 0.15) is 23.5 Å². The number of hydrogen-bond acceptors (Lipinski definition) is 7. The van der Waals surface area contributed by atoms with Crippen LogP contribution in [0.15, 0.2) is 24.3 Å². The molecule has 0 saturated heterocycles. The number of methoxy groups -OCH3 is 1. The van der Waals surface area contributed by atoms with Crippen molar-refractivity contribution in [1.29, 1.82) is 0 Å². The molecule has 11 heteroatoms. The fourth-order valence-electron chi connectivity index (χ4n) is 3.34. The predicted molar refractivity (Wildman–Crippen MR) is 111 cm³/mol. The average molecular weight is 433 g/mol. The highest BCUT2D eigenvalue weighted by Gasteiger charge is 2.24. The smallest absolute Gasteiger partial charge is 0.258 e. The summed E-state index contributed by atoms with van der Waals surface area (Å²) in [7, 11) is 1.49. The summed E-state index contributed by atoms with van der Waals surface area (Å²) in [6, 6.07) is 5.33. The standard InChI is InChI=1S/C20H22F3N7O/c1-20(2,23)10-25-19-26-17-16(18(27-19)31-3)12(6-7-24-17)11-4-5-13-14(8-11)30(29-28-13)9-15(21)22/h4-6,8,15H,7,9-10H2,1-3H3,(H2,24,25,26,27). The molecule has 0 atom stereocenters. The van der Waals surface area contributed by atoms with Gasteiger partial charge in [-0.3, -0.25) is 0 Å². The van der Waals surface area contributed by atoms with Crippen LogP contribution in [0.4, 0.5) is 24.9 Å². The molecule has 0 radical (unpaired) electrons. The first-order chi connectivity index (χ1) is 14.7. The first-order valence-corrected chi connectivity index (χ1v) is 9.70. The van der Waals surface area contributed by atoms with E-state index in [1.54, 1.807) is 12.1 Å². The van der Waals surface area contributed by atoms with Crippen LogP contribution in [0.2, 0.25) is 0 Å². The van der Waals surface area contributed by atoms with E-state index in [2.05, 4.69) is 30.9 Å². The number of aromatic nitrogens is 5. The number of anilines is 2. The highest BCUT2D eigenvalue weighted by atomic mass is 19.3. The van der Waals surface area contributed by atoms with Crippen molar-refractivity contribution in [3.8, 4) is 5.88 Å². The number of halogens is 3. The molecule has 1 aliphatic rings. The van der Waals surface area contributed by atoms with E-state index in [1.165, 1.54) is 25.6 Å². The summed E-state index contributed by atoms with van der Waals surface area (Å²) in [5.41, 5.74) is 1.77. The minimum Gasteiger partial charge on any atom is -0.480 e. The fourth-order valence-corrected chi connectivity index (χ4v) is 3.34. The lowest BCUT2D eigenvalue weighted by atomic mass is 9.96. The molecule has 0 spiro atoms. The maximum absolute atomic E-state index is 13.9. The summed E-state index contributed by atoms with van der Waals surface area (Å²) < 4.78 is 46.3. The second-order valence-electron chi connectivity index (χ2n) is 7.72. The lowest BCUT2D eigenvalue weighted by Gasteiger charge is -2.22. The molecule has 0 unspecified atom stereocenters. The van der Waals surface area contributed by atoms with Crippen molar-refractivity contribution in [3.63, 3.8) is 0 Å². The van der Waals surface area contributed by atoms with Crippen LogP contribution < -0.4 is 15.4 Å². The zero-order valence-electron chi connectivity index (χ0n) is 17.3. The van der Waals surface area contributed by atoms with Gasteiger partial charge in [-0.1, -0.05) is 17.4 Å². The molecule has 4 rings (SSSR count). The van der Waals surface area contributed by atoms with Gasteiger partial charge in [0.25, 0.3) is 6.43 Å². The molecule has 0 fully saturated rings. The minimum atomic E-state index is -2.54. The van der Waals surface area contributed by atoms with E-state index in [1.807, 2.05) is 12.1 Å². The number of hydrogen-bond donors (Lipinski definition) is 2. The Labute approximate surface area is 176 Å². The Kier molecular flexibility index (Phi) is 5.42. The number of nitrogens with zero attached hydrogens (tertiary/aromatic N) is 5. The van der Waals surface area contributed by atoms with Gasteiger partial charge in [-0.25, -0.2) is 17.9 Å². The summed E-state index contributed by atoms with van der Waals surface area (Å²) in [4.78, 5) is 8.83. The second-order valence-corrected chi connectivity index (χ2v) is 7.72. The largest absolute Gasteiger partial charge is 0.480 e. The van der Waals surface area contributed by atoms with Crippen LogP contribution in [0.1, 0.15) is 25.0 Å². The molecule has 3 aromatic rings. The van der Waals surface area contributed by atoms with E-state index in [4.69, 9.17) is 4.74 Å². The zero-order valence-corrected chi connectivity index (χ0v) is 17.3. The highest BCUT2D eigenvalue weighted by Crippen LogP contribution is 2.38. The van der Waals surface area contributed by atoms with Crippen molar-refractivity contribution in [2.45, 2.75) is 32.5 Å². The molecule has 1 aliphatic heterocycles. The molecule has 0 bridgehead atoms. The summed E-state index contributed by atoms with van der Waals surface area (Å²) in [5, 5.41) is 13.8. The topological polar surface area (TPSA) is 89.8 Å². The van der Waals surface area contributed by atoms with E-state index in [0.717, 1.165) is 11.1 Å². The van der Waals surface area contributed by atoms with Gasteiger partial charge < -0.3 is 15.4 Å². The lowest BCUT2D eigenvalue weighted by Crippen LogP contribution is -2.26. The van der Waals surface area contributed by atoms with Crippen LogP contribution in [0.25, 0.3) is 16.6 Å². The Balaban J connectivity index is 1.74. The number of rotatable bonds is 7. The Hall–Kier alpha value is -3.37. The van der Waals surface area contributed by atoms with Crippen molar-refractivity contribution < 1.29 is 17.9 Å². The first kappa shape index (κ1) is 20.9. The number of fused-ring (bicyclic) bond motifs is 2. The van der Waals surface area contributed by atoms with E-state index in [9.17, 15) is 13.2 Å². The third-order valence-electron chi connectivity index (χ3n) is 4.72. The van der Waals surface area contributed by atoms with E-state index in [0.29, 0.717) is 34.8 Å². The van der Waals surface area contributed by atoms with Crippen LogP contribution in [0.5, 0.6) is 5.88 Å². The summed E-state index contributed by atoms with van der Waals surface area (Å²) >= 11 is 0. The molecule has 3 heterocycles. The SMILES string of the molecule is COc1nc(NCC(C)(C)F)nc2c1C(c1ccc3nnn(CC(F)F)c3c1)=CCN2. The number of benzene rings is 1. The van der Waals surface area contributed by atoms with Gasteiger partial charge in [-0.05, 0) is 37.1 Å². The monoisotopic (exact) mass is 433 g/mol. The number of ether oxygens (including phenoxy) is 1. The Morgan fingerprint density at radius 2 is 2.10 bits per heavy atom. The zero-order chi connectivity index (χ0) is 22.2. The molecular weight excluding hydrogens is 411 g/mol. The first-order valence-electron chi connectivity index (χ1n) is 9.70. The second kappa shape index (κ2) is 8.05. The lowest BCUT2D eigenvalue weighted by molar-refractivity contribution is 0.122. The average Bonchev–Trinajstić information content (AvgIpc) is 3.12. The van der Waals surface area contributed by atoms with Gasteiger partial charge in [-0.15, -0.1) is 5.10 Å². The van der Waals surface area contributed by atoms with Crippen molar-refractivity contribution in [3.05, 3.63) is 35.4 Å². The quantitative estimate of drug-likeness (QED) is 0.589. The summed E-state index contributed by atoms with van der Waals surface area (Å²) in [6.07, 6.45) is -0.602. The van der Waals surface area contributed by atoms with Gasteiger partial charge >= 0.3 is 0 Å². The third kappa shape index (κ3) is 4.39. The van der Waals surface area contributed by atoms with Crippen LogP contribution >= 0.6 is 0 Å². The van der Waals surface area contributed by atoms with Crippen LogP contribution in [0.3, 0.4) is 0 Å². The third-order valence-corrected chi connectivity index (χ3v) is 4.72. The van der Waals surface area contributed by atoms with Crippen molar-refractivity contribution >= 4 is 28.4 Å². The van der Waals surface area contributed by atoms with Gasteiger partial charge in [0.2, 0.25) is 11.8 Å². The van der Waals surface area contributed by atoms with Crippen molar-refractivity contribution in [2.75, 3.05) is 30.8 Å². The minimum absolute atomic E-state index is 0.0371. The Morgan fingerprint density at radius 1 is 1.29 bits per heavy atom. The molecule has 0 amide bonds. The van der Waals surface area contributed by atoms with E-state index < -0.39 is 18.6 Å².